The van der Waals surface area contributed by atoms with Crippen LogP contribution in [-0.2, 0) is 0 Å². The highest BCUT2D eigenvalue weighted by molar-refractivity contribution is 5.96. The molecule has 1 saturated heterocycles. The van der Waals surface area contributed by atoms with Crippen LogP contribution in [0, 0.1) is 6.92 Å². The van der Waals surface area contributed by atoms with E-state index in [1.165, 1.54) is 25.3 Å². The molecule has 0 atom stereocenters. The third-order valence-electron chi connectivity index (χ3n) is 4.96. The van der Waals surface area contributed by atoms with E-state index >= 15 is 0 Å². The number of hydrogen-bond donors (Lipinski definition) is 0. The average Bonchev–Trinajstić information content (AvgIpc) is 2.98. The highest BCUT2D eigenvalue weighted by Gasteiger charge is 2.24. The molecular formula is C22H24F2N2O4. The molecule has 160 valence electrons. The van der Waals surface area contributed by atoms with Crippen LogP contribution >= 0.6 is 0 Å². The van der Waals surface area contributed by atoms with Crippen molar-refractivity contribution < 1.29 is 27.8 Å². The maximum absolute atomic E-state index is 12.9. The number of halogens is 2. The minimum absolute atomic E-state index is 0.0648. The monoisotopic (exact) mass is 418 g/mol. The van der Waals surface area contributed by atoms with Crippen LogP contribution in [0.25, 0.3) is 0 Å². The quantitative estimate of drug-likeness (QED) is 0.745. The molecule has 0 radical (unpaired) electrons. The van der Waals surface area contributed by atoms with Gasteiger partial charge in [-0.3, -0.25) is 9.59 Å². The molecule has 0 aromatic heterocycles. The zero-order valence-corrected chi connectivity index (χ0v) is 16.9. The van der Waals surface area contributed by atoms with Gasteiger partial charge in [0, 0.05) is 37.3 Å². The van der Waals surface area contributed by atoms with Gasteiger partial charge in [-0.15, -0.1) is 0 Å². The number of methoxy groups -OCH3 is 1. The summed E-state index contributed by atoms with van der Waals surface area (Å²) in [7, 11) is 1.34. The number of hydrogen-bond acceptors (Lipinski definition) is 4. The number of amides is 2. The number of benzene rings is 2. The van der Waals surface area contributed by atoms with Gasteiger partial charge < -0.3 is 19.3 Å². The molecule has 0 aliphatic carbocycles. The molecule has 0 spiro atoms. The molecule has 8 heteroatoms. The molecule has 6 nitrogen and oxygen atoms in total. The summed E-state index contributed by atoms with van der Waals surface area (Å²) >= 11 is 0. The third kappa shape index (κ3) is 5.06. The van der Waals surface area contributed by atoms with E-state index in [-0.39, 0.29) is 28.9 Å². The fourth-order valence-electron chi connectivity index (χ4n) is 3.46. The molecule has 1 aliphatic heterocycles. The third-order valence-corrected chi connectivity index (χ3v) is 4.96. The number of alkyl halides is 2. The number of carbonyl (C=O) groups is 2. The molecule has 2 aromatic rings. The molecule has 0 saturated carbocycles. The van der Waals surface area contributed by atoms with Crippen LogP contribution in [0.4, 0.5) is 8.78 Å². The molecule has 0 N–H and O–H groups in total. The molecule has 1 heterocycles. The smallest absolute Gasteiger partial charge is 0.387 e. The van der Waals surface area contributed by atoms with Crippen LogP contribution in [0.2, 0.25) is 0 Å². The Labute approximate surface area is 174 Å². The summed E-state index contributed by atoms with van der Waals surface area (Å²) in [4.78, 5) is 29.1. The van der Waals surface area contributed by atoms with Crippen molar-refractivity contribution in [3.63, 3.8) is 0 Å². The van der Waals surface area contributed by atoms with Crippen molar-refractivity contribution in [1.82, 2.24) is 9.80 Å². The Hall–Kier alpha value is -3.16. The van der Waals surface area contributed by atoms with Crippen molar-refractivity contribution in [2.45, 2.75) is 20.0 Å². The van der Waals surface area contributed by atoms with Gasteiger partial charge >= 0.3 is 6.61 Å². The maximum Gasteiger partial charge on any atom is 0.387 e. The summed E-state index contributed by atoms with van der Waals surface area (Å²) in [5, 5.41) is 0. The molecule has 1 aliphatic rings. The first kappa shape index (κ1) is 21.5. The second-order valence-corrected chi connectivity index (χ2v) is 7.05. The van der Waals surface area contributed by atoms with E-state index in [1.807, 2.05) is 25.1 Å². The second kappa shape index (κ2) is 9.56. The highest BCUT2D eigenvalue weighted by Crippen LogP contribution is 2.30. The fraction of sp³-hybridized carbons (Fsp3) is 0.364. The second-order valence-electron chi connectivity index (χ2n) is 7.05. The number of carbonyl (C=O) groups excluding carboxylic acids is 2. The van der Waals surface area contributed by atoms with E-state index in [4.69, 9.17) is 4.74 Å². The summed E-state index contributed by atoms with van der Waals surface area (Å²) in [6.07, 6.45) is 0.625. The molecule has 2 aromatic carbocycles. The van der Waals surface area contributed by atoms with Crippen molar-refractivity contribution in [2.75, 3.05) is 33.3 Å². The summed E-state index contributed by atoms with van der Waals surface area (Å²) in [6, 6.07) is 11.6. The number of rotatable bonds is 5. The maximum atomic E-state index is 12.9. The molecule has 0 unspecified atom stereocenters. The Kier molecular flexibility index (Phi) is 6.87. The first-order valence-electron chi connectivity index (χ1n) is 9.67. The van der Waals surface area contributed by atoms with Crippen LogP contribution < -0.4 is 9.47 Å². The number of ether oxygens (including phenoxy) is 2. The van der Waals surface area contributed by atoms with Gasteiger partial charge in [0.05, 0.1) is 7.11 Å². The molecule has 2 amide bonds. The first-order valence-corrected chi connectivity index (χ1v) is 9.67. The van der Waals surface area contributed by atoms with Gasteiger partial charge in [-0.25, -0.2) is 0 Å². The van der Waals surface area contributed by atoms with E-state index < -0.39 is 6.61 Å². The van der Waals surface area contributed by atoms with Crippen LogP contribution in [-0.4, -0.2) is 61.5 Å². The summed E-state index contributed by atoms with van der Waals surface area (Å²) in [6.45, 7) is 0.665. The van der Waals surface area contributed by atoms with Gasteiger partial charge in [-0.05, 0) is 43.7 Å². The van der Waals surface area contributed by atoms with Crippen molar-refractivity contribution >= 4 is 11.8 Å². The average molecular weight is 418 g/mol. The zero-order chi connectivity index (χ0) is 21.7. The lowest BCUT2D eigenvalue weighted by Crippen LogP contribution is -2.37. The Morgan fingerprint density at radius 3 is 2.10 bits per heavy atom. The minimum atomic E-state index is -3.02. The van der Waals surface area contributed by atoms with Crippen LogP contribution in [0.15, 0.2) is 42.5 Å². The molecule has 3 rings (SSSR count). The highest BCUT2D eigenvalue weighted by atomic mass is 19.3. The van der Waals surface area contributed by atoms with Crippen molar-refractivity contribution in [3.05, 3.63) is 59.2 Å². The van der Waals surface area contributed by atoms with Gasteiger partial charge in [-0.2, -0.15) is 8.78 Å². The standard InChI is InChI=1S/C22H24F2N2O4/c1-15-5-3-6-16(13-15)20(27)25-9-4-10-26(12-11-25)21(28)17-7-8-18(29-2)19(14-17)30-22(23)24/h3,5-8,13-14,22H,4,9-12H2,1-2H3. The van der Waals surface area contributed by atoms with Crippen LogP contribution in [0.1, 0.15) is 32.7 Å². The summed E-state index contributed by atoms with van der Waals surface area (Å²) in [5.74, 6) is -0.436. The van der Waals surface area contributed by atoms with Gasteiger partial charge in [0.1, 0.15) is 0 Å². The lowest BCUT2D eigenvalue weighted by molar-refractivity contribution is -0.0512. The van der Waals surface area contributed by atoms with Gasteiger partial charge in [-0.1, -0.05) is 17.7 Å². The van der Waals surface area contributed by atoms with Crippen molar-refractivity contribution in [3.8, 4) is 11.5 Å². The Morgan fingerprint density at radius 2 is 1.53 bits per heavy atom. The van der Waals surface area contributed by atoms with E-state index in [1.54, 1.807) is 15.9 Å². The van der Waals surface area contributed by atoms with Gasteiger partial charge in [0.15, 0.2) is 11.5 Å². The largest absolute Gasteiger partial charge is 0.493 e. The van der Waals surface area contributed by atoms with E-state index in [0.717, 1.165) is 5.56 Å². The minimum Gasteiger partial charge on any atom is -0.493 e. The van der Waals surface area contributed by atoms with E-state index in [2.05, 4.69) is 4.74 Å². The number of nitrogens with zero attached hydrogens (tertiary/aromatic N) is 2. The van der Waals surface area contributed by atoms with E-state index in [9.17, 15) is 18.4 Å². The topological polar surface area (TPSA) is 59.1 Å². The lowest BCUT2D eigenvalue weighted by atomic mass is 10.1. The molecular weight excluding hydrogens is 394 g/mol. The summed E-state index contributed by atoms with van der Waals surface area (Å²) < 4.78 is 34.8. The Morgan fingerprint density at radius 1 is 0.900 bits per heavy atom. The van der Waals surface area contributed by atoms with Crippen molar-refractivity contribution in [2.24, 2.45) is 0 Å². The fourth-order valence-corrected chi connectivity index (χ4v) is 3.46. The first-order chi connectivity index (χ1) is 14.4. The zero-order valence-electron chi connectivity index (χ0n) is 16.9. The van der Waals surface area contributed by atoms with Gasteiger partial charge in [0.25, 0.3) is 11.8 Å². The molecule has 30 heavy (non-hydrogen) atoms. The van der Waals surface area contributed by atoms with Crippen LogP contribution in [0.5, 0.6) is 11.5 Å². The number of aryl methyl sites for hydroxylation is 1. The molecule has 1 fully saturated rings. The van der Waals surface area contributed by atoms with Gasteiger partial charge in [0.2, 0.25) is 0 Å². The lowest BCUT2D eigenvalue weighted by Gasteiger charge is -2.23. The van der Waals surface area contributed by atoms with Crippen molar-refractivity contribution in [1.29, 1.82) is 0 Å². The van der Waals surface area contributed by atoms with E-state index in [0.29, 0.717) is 38.2 Å². The SMILES string of the molecule is COc1ccc(C(=O)N2CCCN(C(=O)c3cccc(C)c3)CC2)cc1OC(F)F. The normalized spacial score (nSPS) is 14.4. The summed E-state index contributed by atoms with van der Waals surface area (Å²) in [5.41, 5.74) is 1.86. The Bertz CT molecular complexity index is 920. The Balaban J connectivity index is 1.70. The predicted octanol–water partition coefficient (Wildman–Crippen LogP) is 3.59. The molecule has 0 bridgehead atoms. The van der Waals surface area contributed by atoms with Crippen LogP contribution in [0.3, 0.4) is 0 Å². The predicted molar refractivity (Wildman–Crippen MR) is 107 cm³/mol.